The van der Waals surface area contributed by atoms with Crippen LogP contribution in [0.2, 0.25) is 5.02 Å². The zero-order valence-corrected chi connectivity index (χ0v) is 20.2. The Kier molecular flexibility index (Phi) is 6.52. The topological polar surface area (TPSA) is 183 Å². The molecule has 1 saturated carbocycles. The van der Waals surface area contributed by atoms with Crippen LogP contribution in [0.25, 0.3) is 10.9 Å². The number of nitrogens with one attached hydrogen (secondary N) is 1. The maximum Gasteiger partial charge on any atom is 0.261 e. The van der Waals surface area contributed by atoms with Crippen LogP contribution in [0, 0.1) is 23.1 Å². The molecule has 0 amide bonds. The molecule has 14 heteroatoms. The standard InChI is InChI=1S/C21H22ClFN8O3S/c1-35(33,34)6-2-5-31-19(28-16-12(20(31)32)7-11(23)8-14(16)22)15(10-3-4-10)27-18-13(9-24)17(25)29-21(26)30-18/h7-8,10,15H,2-6H2,1H3,(H5,25,26,27,29,30)/t15-/m0/s1. The summed E-state index contributed by atoms with van der Waals surface area (Å²) in [5.41, 5.74) is 11.1. The van der Waals surface area contributed by atoms with Crippen LogP contribution in [-0.2, 0) is 16.4 Å². The molecule has 0 radical (unpaired) electrons. The van der Waals surface area contributed by atoms with E-state index >= 15 is 0 Å². The lowest BCUT2D eigenvalue weighted by atomic mass is 10.1. The van der Waals surface area contributed by atoms with Gasteiger partial charge in [0.15, 0.2) is 5.82 Å². The Morgan fingerprint density at radius 2 is 2.03 bits per heavy atom. The Bertz CT molecular complexity index is 1530. The molecule has 5 N–H and O–H groups in total. The SMILES string of the molecule is CS(=O)(=O)CCCn1c([C@@H](Nc2nc(N)nc(N)c2C#N)C2CC2)nc2c(Cl)cc(F)cc2c1=O. The van der Waals surface area contributed by atoms with Gasteiger partial charge in [0, 0.05) is 12.8 Å². The number of nitrogens with zero attached hydrogens (tertiary/aromatic N) is 5. The van der Waals surface area contributed by atoms with Gasteiger partial charge >= 0.3 is 0 Å². The van der Waals surface area contributed by atoms with E-state index in [1.807, 2.05) is 6.07 Å². The van der Waals surface area contributed by atoms with Crippen molar-refractivity contribution in [3.8, 4) is 6.07 Å². The lowest BCUT2D eigenvalue weighted by Gasteiger charge is -2.24. The minimum Gasteiger partial charge on any atom is -0.382 e. The first-order valence-electron chi connectivity index (χ1n) is 10.7. The molecule has 1 aliphatic rings. The third-order valence-electron chi connectivity index (χ3n) is 5.63. The number of halogens is 2. The Morgan fingerprint density at radius 1 is 1.31 bits per heavy atom. The summed E-state index contributed by atoms with van der Waals surface area (Å²) in [7, 11) is -3.28. The van der Waals surface area contributed by atoms with Crippen molar-refractivity contribution < 1.29 is 12.8 Å². The highest BCUT2D eigenvalue weighted by Crippen LogP contribution is 2.43. The molecule has 0 aliphatic heterocycles. The Morgan fingerprint density at radius 3 is 2.66 bits per heavy atom. The summed E-state index contributed by atoms with van der Waals surface area (Å²) < 4.78 is 38.7. The number of rotatable bonds is 8. The molecule has 0 bridgehead atoms. The summed E-state index contributed by atoms with van der Waals surface area (Å²) in [6, 6.07) is 3.44. The molecule has 1 aromatic carbocycles. The average molecular weight is 521 g/mol. The fourth-order valence-electron chi connectivity index (χ4n) is 3.89. The lowest BCUT2D eigenvalue weighted by molar-refractivity contribution is 0.533. The van der Waals surface area contributed by atoms with E-state index in [0.717, 1.165) is 31.2 Å². The minimum atomic E-state index is -3.28. The summed E-state index contributed by atoms with van der Waals surface area (Å²) in [6.45, 7) is 0.0162. The Balaban J connectivity index is 1.89. The summed E-state index contributed by atoms with van der Waals surface area (Å²) in [6.07, 6.45) is 2.83. The van der Waals surface area contributed by atoms with Crippen molar-refractivity contribution in [2.24, 2.45) is 5.92 Å². The van der Waals surface area contributed by atoms with Gasteiger partial charge in [-0.15, -0.1) is 0 Å². The van der Waals surface area contributed by atoms with Crippen LogP contribution in [0.5, 0.6) is 0 Å². The van der Waals surface area contributed by atoms with E-state index in [1.54, 1.807) is 0 Å². The number of hydrogen-bond donors (Lipinski definition) is 3. The maximum absolute atomic E-state index is 14.0. The molecule has 4 rings (SSSR count). The zero-order valence-electron chi connectivity index (χ0n) is 18.6. The molecule has 2 heterocycles. The summed E-state index contributed by atoms with van der Waals surface area (Å²) >= 11 is 6.23. The molecule has 11 nitrogen and oxygen atoms in total. The van der Waals surface area contributed by atoms with Crippen molar-refractivity contribution >= 4 is 49.9 Å². The van der Waals surface area contributed by atoms with Crippen LogP contribution in [0.15, 0.2) is 16.9 Å². The molecule has 0 saturated heterocycles. The van der Waals surface area contributed by atoms with Crippen molar-refractivity contribution in [3.63, 3.8) is 0 Å². The second-order valence-corrected chi connectivity index (χ2v) is 11.1. The normalized spacial score (nSPS) is 14.6. The van der Waals surface area contributed by atoms with Gasteiger partial charge in [0.2, 0.25) is 5.95 Å². The van der Waals surface area contributed by atoms with Crippen LogP contribution >= 0.6 is 11.6 Å². The van der Waals surface area contributed by atoms with E-state index in [0.29, 0.717) is 0 Å². The number of sulfone groups is 1. The highest BCUT2D eigenvalue weighted by Gasteiger charge is 2.37. The largest absolute Gasteiger partial charge is 0.382 e. The van der Waals surface area contributed by atoms with E-state index in [-0.39, 0.29) is 69.5 Å². The molecule has 0 spiro atoms. The third kappa shape index (κ3) is 5.28. The molecule has 1 aliphatic carbocycles. The number of aromatic nitrogens is 4. The zero-order chi connectivity index (χ0) is 25.5. The number of anilines is 3. The van der Waals surface area contributed by atoms with Gasteiger partial charge in [-0.1, -0.05) is 11.6 Å². The summed E-state index contributed by atoms with van der Waals surface area (Å²) in [5, 5.41) is 12.6. The third-order valence-corrected chi connectivity index (χ3v) is 6.95. The van der Waals surface area contributed by atoms with E-state index < -0.39 is 27.3 Å². The molecule has 35 heavy (non-hydrogen) atoms. The predicted octanol–water partition coefficient (Wildman–Crippen LogP) is 2.01. The van der Waals surface area contributed by atoms with Crippen molar-refractivity contribution in [2.75, 3.05) is 28.8 Å². The number of nitrogen functional groups attached to an aromatic ring is 2. The van der Waals surface area contributed by atoms with Gasteiger partial charge in [-0.3, -0.25) is 9.36 Å². The van der Waals surface area contributed by atoms with Gasteiger partial charge < -0.3 is 16.8 Å². The van der Waals surface area contributed by atoms with Gasteiger partial charge in [-0.05, 0) is 37.3 Å². The van der Waals surface area contributed by atoms with E-state index in [9.17, 15) is 22.9 Å². The van der Waals surface area contributed by atoms with Gasteiger partial charge in [0.1, 0.15) is 38.9 Å². The van der Waals surface area contributed by atoms with Gasteiger partial charge in [0.25, 0.3) is 5.56 Å². The first kappa shape index (κ1) is 24.6. The molecular formula is C21H22ClFN8O3S. The predicted molar refractivity (Wildman–Crippen MR) is 130 cm³/mol. The number of nitriles is 1. The quantitative estimate of drug-likeness (QED) is 0.397. The second-order valence-electron chi connectivity index (χ2n) is 8.46. The molecule has 184 valence electrons. The van der Waals surface area contributed by atoms with Crippen molar-refractivity contribution in [1.29, 1.82) is 5.26 Å². The lowest BCUT2D eigenvalue weighted by Crippen LogP contribution is -2.31. The Labute approximate surface area is 204 Å². The van der Waals surface area contributed by atoms with E-state index in [4.69, 9.17) is 23.1 Å². The monoisotopic (exact) mass is 520 g/mol. The maximum atomic E-state index is 14.0. The molecule has 2 aromatic heterocycles. The van der Waals surface area contributed by atoms with Crippen LogP contribution in [0.3, 0.4) is 0 Å². The average Bonchev–Trinajstić information content (AvgIpc) is 3.58. The van der Waals surface area contributed by atoms with Gasteiger partial charge in [-0.2, -0.15) is 15.2 Å². The van der Waals surface area contributed by atoms with E-state index in [2.05, 4.69) is 20.3 Å². The molecule has 1 fully saturated rings. The van der Waals surface area contributed by atoms with Crippen LogP contribution in [-0.4, -0.2) is 39.9 Å². The van der Waals surface area contributed by atoms with Crippen LogP contribution < -0.4 is 22.3 Å². The van der Waals surface area contributed by atoms with Crippen molar-refractivity contribution in [2.45, 2.75) is 31.8 Å². The first-order valence-corrected chi connectivity index (χ1v) is 13.1. The second kappa shape index (κ2) is 9.27. The van der Waals surface area contributed by atoms with Gasteiger partial charge in [0.05, 0.1) is 27.7 Å². The van der Waals surface area contributed by atoms with Crippen LogP contribution in [0.4, 0.5) is 22.0 Å². The molecule has 1 atom stereocenters. The molecule has 0 unspecified atom stereocenters. The summed E-state index contributed by atoms with van der Waals surface area (Å²) in [4.78, 5) is 26.0. The number of fused-ring (bicyclic) bond motifs is 1. The number of hydrogen-bond acceptors (Lipinski definition) is 10. The van der Waals surface area contributed by atoms with Crippen molar-refractivity contribution in [3.05, 3.63) is 44.7 Å². The summed E-state index contributed by atoms with van der Waals surface area (Å²) in [5.74, 6) is -0.743. The van der Waals surface area contributed by atoms with E-state index in [1.165, 1.54) is 4.57 Å². The highest BCUT2D eigenvalue weighted by molar-refractivity contribution is 7.90. The Hall–Kier alpha value is -3.50. The van der Waals surface area contributed by atoms with Gasteiger partial charge in [-0.25, -0.2) is 17.8 Å². The fraction of sp³-hybridized carbons (Fsp3) is 0.381. The first-order chi connectivity index (χ1) is 16.5. The minimum absolute atomic E-state index is 0.0162. The molecular weight excluding hydrogens is 499 g/mol. The smallest absolute Gasteiger partial charge is 0.261 e. The highest BCUT2D eigenvalue weighted by atomic mass is 35.5. The number of nitrogens with two attached hydrogens (primary N) is 2. The molecule has 3 aromatic rings. The van der Waals surface area contributed by atoms with Crippen molar-refractivity contribution in [1.82, 2.24) is 19.5 Å². The number of benzene rings is 1. The van der Waals surface area contributed by atoms with Crippen LogP contribution in [0.1, 0.15) is 36.7 Å². The fourth-order valence-corrected chi connectivity index (χ4v) is 4.79.